The number of rotatable bonds is 23. The third-order valence-electron chi connectivity index (χ3n) is 9.67. The number of unbranched alkanes of at least 4 members (excludes halogenated alkanes) is 15. The molecule has 5 heteroatoms. The number of aliphatic hydroxyl groups excluding tert-OH is 1. The van der Waals surface area contributed by atoms with Gasteiger partial charge in [-0.3, -0.25) is 0 Å². The van der Waals surface area contributed by atoms with Gasteiger partial charge in [-0.2, -0.15) is 0 Å². The summed E-state index contributed by atoms with van der Waals surface area (Å²) in [7, 11) is 0. The van der Waals surface area contributed by atoms with E-state index in [0.717, 1.165) is 64.2 Å². The minimum absolute atomic E-state index is 0.182. The van der Waals surface area contributed by atoms with E-state index in [0.29, 0.717) is 0 Å². The van der Waals surface area contributed by atoms with Crippen molar-refractivity contribution in [3.05, 3.63) is 0 Å². The summed E-state index contributed by atoms with van der Waals surface area (Å²) in [6, 6.07) is 0.467. The smallest absolute Gasteiger partial charge is 0.320 e. The second-order valence-corrected chi connectivity index (χ2v) is 13.3. The maximum atomic E-state index is 13.7. The zero-order valence-electron chi connectivity index (χ0n) is 27.1. The summed E-state index contributed by atoms with van der Waals surface area (Å²) in [6.07, 6.45) is 29.8. The first-order chi connectivity index (χ1) is 19.7. The highest BCUT2D eigenvalue weighted by atomic mass is 16.3. The topological polar surface area (TPSA) is 47.0 Å². The molecule has 1 atom stereocenters. The van der Waals surface area contributed by atoms with Crippen molar-refractivity contribution in [1.29, 1.82) is 0 Å². The molecule has 2 heterocycles. The normalized spacial score (nSPS) is 18.9. The van der Waals surface area contributed by atoms with Crippen LogP contribution in [0, 0.1) is 5.92 Å². The van der Waals surface area contributed by atoms with Gasteiger partial charge in [0.2, 0.25) is 0 Å². The van der Waals surface area contributed by atoms with Crippen LogP contribution in [0.2, 0.25) is 0 Å². The molecule has 2 saturated heterocycles. The van der Waals surface area contributed by atoms with Gasteiger partial charge in [0.1, 0.15) is 0 Å². The summed E-state index contributed by atoms with van der Waals surface area (Å²) in [5.41, 5.74) is 0. The molecule has 2 aliphatic rings. The molecular weight excluding hydrogens is 494 g/mol. The van der Waals surface area contributed by atoms with E-state index >= 15 is 0 Å². The SMILES string of the molecule is CCCCCCCCCCCCCCCCCCN(CCCN1CCC(C)CC1)C(=O)N1CCCCC1CCO. The summed E-state index contributed by atoms with van der Waals surface area (Å²) >= 11 is 0. The van der Waals surface area contributed by atoms with Gasteiger partial charge in [0.25, 0.3) is 0 Å². The molecule has 0 aromatic rings. The number of amides is 2. The predicted molar refractivity (Wildman–Crippen MR) is 172 cm³/mol. The molecule has 2 amide bonds. The van der Waals surface area contributed by atoms with Crippen molar-refractivity contribution in [2.45, 2.75) is 168 Å². The van der Waals surface area contributed by atoms with Gasteiger partial charge in [0.05, 0.1) is 0 Å². The number of aliphatic hydroxyl groups is 1. The van der Waals surface area contributed by atoms with Crippen LogP contribution in [0.25, 0.3) is 0 Å². The minimum Gasteiger partial charge on any atom is -0.396 e. The second-order valence-electron chi connectivity index (χ2n) is 13.3. The zero-order valence-corrected chi connectivity index (χ0v) is 27.1. The molecule has 0 aliphatic carbocycles. The monoisotopic (exact) mass is 564 g/mol. The quantitative estimate of drug-likeness (QED) is 0.126. The van der Waals surface area contributed by atoms with Crippen LogP contribution in [0.5, 0.6) is 0 Å². The number of piperidine rings is 2. The van der Waals surface area contributed by atoms with Crippen LogP contribution in [-0.4, -0.2) is 77.8 Å². The van der Waals surface area contributed by atoms with E-state index < -0.39 is 0 Å². The minimum atomic E-state index is 0.182. The molecule has 0 bridgehead atoms. The van der Waals surface area contributed by atoms with Crippen LogP contribution in [0.4, 0.5) is 4.79 Å². The first-order valence-electron chi connectivity index (χ1n) is 18.0. The van der Waals surface area contributed by atoms with Gasteiger partial charge in [-0.25, -0.2) is 4.79 Å². The maximum Gasteiger partial charge on any atom is 0.320 e. The van der Waals surface area contributed by atoms with Gasteiger partial charge in [0, 0.05) is 32.3 Å². The Labute approximate surface area is 249 Å². The Bertz CT molecular complexity index is 591. The number of nitrogens with zero attached hydrogens (tertiary/aromatic N) is 3. The predicted octanol–water partition coefficient (Wildman–Crippen LogP) is 9.03. The average molecular weight is 564 g/mol. The largest absolute Gasteiger partial charge is 0.396 e. The van der Waals surface area contributed by atoms with Gasteiger partial charge >= 0.3 is 6.03 Å². The summed E-state index contributed by atoms with van der Waals surface area (Å²) in [4.78, 5) is 20.5. The fourth-order valence-corrected chi connectivity index (χ4v) is 6.81. The Hall–Kier alpha value is -0.810. The molecule has 0 radical (unpaired) electrons. The Morgan fingerprint density at radius 3 is 1.77 bits per heavy atom. The van der Waals surface area contributed by atoms with Gasteiger partial charge in [-0.05, 0) is 76.9 Å². The molecule has 0 spiro atoms. The Kier molecular flexibility index (Phi) is 21.0. The molecule has 0 saturated carbocycles. The van der Waals surface area contributed by atoms with E-state index in [9.17, 15) is 9.90 Å². The van der Waals surface area contributed by atoms with Crippen LogP contribution in [0.15, 0.2) is 0 Å². The van der Waals surface area contributed by atoms with Crippen molar-refractivity contribution in [3.63, 3.8) is 0 Å². The third kappa shape index (κ3) is 16.0. The number of hydrogen-bond donors (Lipinski definition) is 1. The molecule has 2 rings (SSSR count). The molecule has 2 fully saturated rings. The molecule has 2 aliphatic heterocycles. The molecule has 236 valence electrons. The van der Waals surface area contributed by atoms with Crippen molar-refractivity contribution in [2.24, 2.45) is 5.92 Å². The lowest BCUT2D eigenvalue weighted by molar-refractivity contribution is 0.0996. The molecule has 1 unspecified atom stereocenters. The van der Waals surface area contributed by atoms with Crippen LogP contribution in [-0.2, 0) is 0 Å². The van der Waals surface area contributed by atoms with Gasteiger partial charge in [0.15, 0.2) is 0 Å². The second kappa shape index (κ2) is 23.7. The van der Waals surface area contributed by atoms with Crippen molar-refractivity contribution >= 4 is 6.03 Å². The highest BCUT2D eigenvalue weighted by Crippen LogP contribution is 2.22. The summed E-state index contributed by atoms with van der Waals surface area (Å²) < 4.78 is 0. The van der Waals surface area contributed by atoms with E-state index in [1.54, 1.807) is 0 Å². The first kappa shape index (κ1) is 35.4. The lowest BCUT2D eigenvalue weighted by Crippen LogP contribution is -2.51. The van der Waals surface area contributed by atoms with Gasteiger partial charge in [-0.1, -0.05) is 110 Å². The zero-order chi connectivity index (χ0) is 28.7. The Morgan fingerprint density at radius 2 is 1.23 bits per heavy atom. The van der Waals surface area contributed by atoms with Crippen molar-refractivity contribution in [1.82, 2.24) is 14.7 Å². The summed E-state index contributed by atoms with van der Waals surface area (Å²) in [6.45, 7) is 11.1. The molecular formula is C35H69N3O2. The average Bonchev–Trinajstić information content (AvgIpc) is 2.97. The number of carbonyl (C=O) groups is 1. The summed E-state index contributed by atoms with van der Waals surface area (Å²) in [5, 5.41) is 9.56. The van der Waals surface area contributed by atoms with E-state index in [1.165, 1.54) is 129 Å². The molecule has 0 aromatic heterocycles. The summed E-state index contributed by atoms with van der Waals surface area (Å²) in [5.74, 6) is 0.867. The van der Waals surface area contributed by atoms with E-state index in [2.05, 4.69) is 28.5 Å². The fraction of sp³-hybridized carbons (Fsp3) is 0.971. The van der Waals surface area contributed by atoms with Crippen LogP contribution in [0.3, 0.4) is 0 Å². The molecule has 1 N–H and O–H groups in total. The molecule has 0 aromatic carbocycles. The van der Waals surface area contributed by atoms with Crippen LogP contribution < -0.4 is 0 Å². The van der Waals surface area contributed by atoms with E-state index in [1.807, 2.05) is 0 Å². The number of urea groups is 1. The van der Waals surface area contributed by atoms with Crippen LogP contribution >= 0.6 is 0 Å². The molecule has 5 nitrogen and oxygen atoms in total. The Morgan fingerprint density at radius 1 is 0.700 bits per heavy atom. The lowest BCUT2D eigenvalue weighted by Gasteiger charge is -2.39. The van der Waals surface area contributed by atoms with E-state index in [-0.39, 0.29) is 18.7 Å². The van der Waals surface area contributed by atoms with Gasteiger partial charge < -0.3 is 19.8 Å². The maximum absolute atomic E-state index is 13.7. The van der Waals surface area contributed by atoms with E-state index in [4.69, 9.17) is 0 Å². The highest BCUT2D eigenvalue weighted by molar-refractivity contribution is 5.75. The molecule has 40 heavy (non-hydrogen) atoms. The number of carbonyl (C=O) groups excluding carboxylic acids is 1. The number of hydrogen-bond acceptors (Lipinski definition) is 3. The van der Waals surface area contributed by atoms with Crippen LogP contribution in [0.1, 0.15) is 162 Å². The Balaban J connectivity index is 1.60. The van der Waals surface area contributed by atoms with Crippen molar-refractivity contribution in [3.8, 4) is 0 Å². The third-order valence-corrected chi connectivity index (χ3v) is 9.67. The standard InChI is InChI=1S/C35H69N3O2/c1-3-4-5-6-7-8-9-10-11-12-13-14-15-16-17-19-27-37(28-21-26-36-30-23-33(2)24-31-36)35(40)38-29-20-18-22-34(38)25-32-39/h33-34,39H,3-32H2,1-2H3. The highest BCUT2D eigenvalue weighted by Gasteiger charge is 2.29. The first-order valence-corrected chi connectivity index (χ1v) is 18.0. The van der Waals surface area contributed by atoms with Crippen molar-refractivity contribution < 1.29 is 9.90 Å². The van der Waals surface area contributed by atoms with Gasteiger partial charge in [-0.15, -0.1) is 0 Å². The van der Waals surface area contributed by atoms with Crippen molar-refractivity contribution in [2.75, 3.05) is 45.9 Å². The fourth-order valence-electron chi connectivity index (χ4n) is 6.81. The lowest BCUT2D eigenvalue weighted by atomic mass is 9.99. The number of likely N-dealkylation sites (tertiary alicyclic amines) is 2.